The first-order chi connectivity index (χ1) is 20.7. The molecule has 250 valence electrons. The molecule has 0 aliphatic heterocycles. The number of halogens is 2. The number of hydrogen-bond acceptors (Lipinski definition) is 6. The Labute approximate surface area is 295 Å². The van der Waals surface area contributed by atoms with Crippen molar-refractivity contribution in [3.63, 3.8) is 0 Å². The van der Waals surface area contributed by atoms with E-state index in [2.05, 4.69) is 12.1 Å². The molecule has 46 heavy (non-hydrogen) atoms. The van der Waals surface area contributed by atoms with Crippen LogP contribution in [0.3, 0.4) is 0 Å². The second kappa shape index (κ2) is 16.1. The number of amides is 2. The van der Waals surface area contributed by atoms with Gasteiger partial charge in [0.25, 0.3) is 0 Å². The fourth-order valence-electron chi connectivity index (χ4n) is 6.95. The van der Waals surface area contributed by atoms with E-state index >= 15 is 0 Å². The Morgan fingerprint density at radius 3 is 1.30 bits per heavy atom. The number of benzene rings is 2. The highest BCUT2D eigenvalue weighted by atomic mass is 79.9. The lowest BCUT2D eigenvalue weighted by molar-refractivity contribution is -0.819. The average molecular weight is 761 g/mol. The van der Waals surface area contributed by atoms with Gasteiger partial charge in [0.15, 0.2) is 11.2 Å². The average Bonchev–Trinajstić information content (AvgIpc) is 3.00. The van der Waals surface area contributed by atoms with Gasteiger partial charge < -0.3 is 44.2 Å². The molecule has 2 aromatic rings. The van der Waals surface area contributed by atoms with E-state index in [1.807, 2.05) is 76.7 Å². The summed E-state index contributed by atoms with van der Waals surface area (Å²) in [4.78, 5) is 26.5. The first-order valence-corrected chi connectivity index (χ1v) is 15.9. The van der Waals surface area contributed by atoms with Crippen molar-refractivity contribution in [2.75, 3.05) is 41.3 Å². The molecular formula is C36H48Br2N4O4. The van der Waals surface area contributed by atoms with E-state index in [0.29, 0.717) is 25.9 Å². The summed E-state index contributed by atoms with van der Waals surface area (Å²) in [7, 11) is 7.43. The lowest BCUT2D eigenvalue weighted by atomic mass is 9.75. The van der Waals surface area contributed by atoms with Crippen LogP contribution in [0.5, 0.6) is 0 Å². The molecule has 8 nitrogen and oxygen atoms in total. The number of aliphatic hydroxyl groups is 2. The fraction of sp³-hybridized carbons (Fsp3) is 0.556. The maximum atomic E-state index is 13.3. The molecule has 0 aromatic heterocycles. The van der Waals surface area contributed by atoms with Gasteiger partial charge in [0.1, 0.15) is 0 Å². The quantitative estimate of drug-likeness (QED) is 0.239. The van der Waals surface area contributed by atoms with Gasteiger partial charge in [-0.3, -0.25) is 8.97 Å². The molecule has 0 bridgehead atoms. The Morgan fingerprint density at radius 2 is 1.00 bits per heavy atom. The van der Waals surface area contributed by atoms with Crippen molar-refractivity contribution < 1.29 is 62.7 Å². The molecule has 0 heterocycles. The predicted molar refractivity (Wildman–Crippen MR) is 168 cm³/mol. The van der Waals surface area contributed by atoms with Crippen molar-refractivity contribution in [1.82, 2.24) is 0 Å². The topological polar surface area (TPSA) is 122 Å². The molecule has 2 aliphatic rings. The summed E-state index contributed by atoms with van der Waals surface area (Å²) in [5.74, 6) is -0.350. The standard InChI is InChI=1S/C36H48N4O4.2BrH/c1-39(2,23-31-9-5-7-19-35(31,43)25-37)33(41)21-27-11-15-29(16-12-27)30-17-13-28(14-18-30)22-34(42)40(3,4)24-32-10-6-8-20-36(32,44)26-38;;/h11-18,31-32,43-44H,5-10,19-24H2,1-4H3;2*1H/q+2;;/p-2. The zero-order chi connectivity index (χ0) is 32.2. The van der Waals surface area contributed by atoms with Crippen molar-refractivity contribution >= 4 is 11.8 Å². The second-order valence-electron chi connectivity index (χ2n) is 14.2. The van der Waals surface area contributed by atoms with Crippen LogP contribution < -0.4 is 34.0 Å². The maximum Gasteiger partial charge on any atom is 0.317 e. The monoisotopic (exact) mass is 758 g/mol. The van der Waals surface area contributed by atoms with Gasteiger partial charge in [-0.05, 0) is 60.8 Å². The van der Waals surface area contributed by atoms with E-state index < -0.39 is 11.2 Å². The summed E-state index contributed by atoms with van der Waals surface area (Å²) in [6, 6.07) is 20.0. The van der Waals surface area contributed by atoms with Crippen LogP contribution in [0.4, 0.5) is 0 Å². The third-order valence-corrected chi connectivity index (χ3v) is 10.1. The molecule has 4 unspecified atom stereocenters. The molecule has 0 radical (unpaired) electrons. The summed E-state index contributed by atoms with van der Waals surface area (Å²) >= 11 is 0. The van der Waals surface area contributed by atoms with E-state index in [-0.39, 0.29) is 79.4 Å². The molecule has 2 amide bonds. The fourth-order valence-corrected chi connectivity index (χ4v) is 6.95. The predicted octanol–water partition coefficient (Wildman–Crippen LogP) is -1.46. The highest BCUT2D eigenvalue weighted by molar-refractivity contribution is 5.74. The first-order valence-electron chi connectivity index (χ1n) is 15.9. The number of nitrogens with zero attached hydrogens (tertiary/aromatic N) is 4. The second-order valence-corrected chi connectivity index (χ2v) is 14.2. The van der Waals surface area contributed by atoms with Crippen LogP contribution in [0, 0.1) is 34.5 Å². The number of likely N-dealkylation sites (N-methyl/N-ethyl adjacent to an activating group) is 2. The lowest BCUT2D eigenvalue weighted by Crippen LogP contribution is -3.00. The SMILES string of the molecule is C[N+](C)(CC1CCCCC1(O)C#N)C(=O)Cc1ccc(-c2ccc(CC(=O)[N+](C)(C)CC3CCCCC3(O)C#N)cc2)cc1.[Br-].[Br-]. The van der Waals surface area contributed by atoms with E-state index in [0.717, 1.165) is 60.8 Å². The summed E-state index contributed by atoms with van der Waals surface area (Å²) in [6.07, 6.45) is 6.59. The van der Waals surface area contributed by atoms with Gasteiger partial charge in [-0.2, -0.15) is 10.5 Å². The van der Waals surface area contributed by atoms with E-state index in [9.17, 15) is 30.3 Å². The van der Waals surface area contributed by atoms with Gasteiger partial charge in [0.05, 0.1) is 78.1 Å². The number of nitriles is 2. The minimum Gasteiger partial charge on any atom is -1.00 e. The number of quaternary nitrogens is 2. The van der Waals surface area contributed by atoms with Gasteiger partial charge in [-0.25, -0.2) is 9.59 Å². The van der Waals surface area contributed by atoms with E-state index in [1.165, 1.54) is 0 Å². The van der Waals surface area contributed by atoms with Crippen molar-refractivity contribution in [3.8, 4) is 23.3 Å². The van der Waals surface area contributed by atoms with Crippen LogP contribution >= 0.6 is 0 Å². The number of carbonyl (C=O) groups excluding carboxylic acids is 2. The molecule has 0 spiro atoms. The smallest absolute Gasteiger partial charge is 0.317 e. The third kappa shape index (κ3) is 9.34. The van der Waals surface area contributed by atoms with Crippen LogP contribution in [0.15, 0.2) is 48.5 Å². The highest BCUT2D eigenvalue weighted by Gasteiger charge is 2.45. The zero-order valence-corrected chi connectivity index (χ0v) is 30.7. The summed E-state index contributed by atoms with van der Waals surface area (Å²) in [5, 5.41) is 40.7. The lowest BCUT2D eigenvalue weighted by Gasteiger charge is -2.39. The molecule has 0 saturated heterocycles. The van der Waals surface area contributed by atoms with Crippen LogP contribution in [0.2, 0.25) is 0 Å². The van der Waals surface area contributed by atoms with Crippen molar-refractivity contribution in [3.05, 3.63) is 59.7 Å². The van der Waals surface area contributed by atoms with Gasteiger partial charge in [-0.15, -0.1) is 0 Å². The van der Waals surface area contributed by atoms with Crippen molar-refractivity contribution in [1.29, 1.82) is 10.5 Å². The van der Waals surface area contributed by atoms with Gasteiger partial charge in [-0.1, -0.05) is 61.4 Å². The van der Waals surface area contributed by atoms with Crippen LogP contribution in [0.1, 0.15) is 62.5 Å². The Bertz CT molecular complexity index is 1320. The Kier molecular flexibility index (Phi) is 13.9. The number of carbonyl (C=O) groups is 2. The van der Waals surface area contributed by atoms with E-state index in [4.69, 9.17) is 0 Å². The summed E-state index contributed by atoms with van der Waals surface area (Å²) < 4.78 is 0.234. The first kappa shape index (κ1) is 39.7. The maximum absolute atomic E-state index is 13.3. The molecule has 4 atom stereocenters. The van der Waals surface area contributed by atoms with Crippen molar-refractivity contribution in [2.24, 2.45) is 11.8 Å². The third-order valence-electron chi connectivity index (χ3n) is 10.1. The molecule has 2 fully saturated rings. The minimum absolute atomic E-state index is 0. The minimum atomic E-state index is -1.35. The van der Waals surface area contributed by atoms with Crippen LogP contribution in [-0.4, -0.2) is 83.5 Å². The van der Waals surface area contributed by atoms with Crippen LogP contribution in [-0.2, 0) is 22.4 Å². The van der Waals surface area contributed by atoms with Gasteiger partial charge >= 0.3 is 11.8 Å². The number of rotatable bonds is 9. The molecule has 10 heteroatoms. The zero-order valence-electron chi connectivity index (χ0n) is 27.5. The highest BCUT2D eigenvalue weighted by Crippen LogP contribution is 2.36. The molecule has 4 rings (SSSR count). The van der Waals surface area contributed by atoms with Crippen LogP contribution in [0.25, 0.3) is 11.1 Å². The normalized spacial score (nSPS) is 24.8. The molecule has 2 aliphatic carbocycles. The van der Waals surface area contributed by atoms with Gasteiger partial charge in [0, 0.05) is 0 Å². The Morgan fingerprint density at radius 1 is 0.674 bits per heavy atom. The Hall–Kier alpha value is -2.44. The molecule has 2 saturated carbocycles. The largest absolute Gasteiger partial charge is 1.00 e. The molecule has 2 aromatic carbocycles. The Balaban J connectivity index is 0.00000368. The summed E-state index contributed by atoms with van der Waals surface area (Å²) in [5.41, 5.74) is 1.14. The van der Waals surface area contributed by atoms with E-state index in [1.54, 1.807) is 0 Å². The number of hydrogen-bond donors (Lipinski definition) is 2. The summed E-state index contributed by atoms with van der Waals surface area (Å²) in [6.45, 7) is 0.878. The van der Waals surface area contributed by atoms with Crippen molar-refractivity contribution in [2.45, 2.75) is 75.4 Å². The van der Waals surface area contributed by atoms with Gasteiger partial charge in [0.2, 0.25) is 0 Å². The molecular weight excluding hydrogens is 712 g/mol. The molecule has 2 N–H and O–H groups in total.